The summed E-state index contributed by atoms with van der Waals surface area (Å²) in [6.45, 7) is 4.83. The summed E-state index contributed by atoms with van der Waals surface area (Å²) in [4.78, 5) is 39.1. The van der Waals surface area contributed by atoms with Crippen LogP contribution in [0, 0.1) is 5.92 Å². The highest BCUT2D eigenvalue weighted by molar-refractivity contribution is 5.92. The van der Waals surface area contributed by atoms with Crippen LogP contribution in [0.5, 0.6) is 0 Å². The highest BCUT2D eigenvalue weighted by Crippen LogP contribution is 2.25. The normalized spacial score (nSPS) is 19.1. The molecule has 1 fully saturated rings. The zero-order chi connectivity index (χ0) is 22.1. The maximum Gasteiger partial charge on any atom is 0.272 e. The van der Waals surface area contributed by atoms with Crippen molar-refractivity contribution in [3.05, 3.63) is 35.9 Å². The zero-order valence-corrected chi connectivity index (χ0v) is 17.7. The van der Waals surface area contributed by atoms with Gasteiger partial charge in [0.1, 0.15) is 12.1 Å². The van der Waals surface area contributed by atoms with E-state index in [1.54, 1.807) is 0 Å². The van der Waals surface area contributed by atoms with Crippen LogP contribution < -0.4 is 10.8 Å². The minimum atomic E-state index is -1.66. The van der Waals surface area contributed by atoms with E-state index in [9.17, 15) is 19.5 Å². The van der Waals surface area contributed by atoms with Crippen molar-refractivity contribution in [1.29, 1.82) is 0 Å². The number of likely N-dealkylation sites (tertiary alicyclic amines) is 1. The first-order valence-electron chi connectivity index (χ1n) is 10.7. The number of benzene rings is 1. The first-order chi connectivity index (χ1) is 14.4. The Morgan fingerprint density at radius 1 is 1.23 bits per heavy atom. The van der Waals surface area contributed by atoms with Crippen LogP contribution in [0.1, 0.15) is 57.4 Å². The van der Waals surface area contributed by atoms with Crippen LogP contribution in [0.3, 0.4) is 0 Å². The third-order valence-corrected chi connectivity index (χ3v) is 5.74. The van der Waals surface area contributed by atoms with Gasteiger partial charge in [-0.15, -0.1) is 0 Å². The molecule has 0 spiro atoms. The summed E-state index contributed by atoms with van der Waals surface area (Å²) >= 11 is 0. The molecule has 3 amide bonds. The van der Waals surface area contributed by atoms with E-state index in [1.807, 2.05) is 44.2 Å². The van der Waals surface area contributed by atoms with Crippen LogP contribution in [0.4, 0.5) is 0 Å². The van der Waals surface area contributed by atoms with Gasteiger partial charge >= 0.3 is 0 Å². The monoisotopic (exact) mass is 419 g/mol. The molecule has 2 rings (SSSR count). The lowest BCUT2D eigenvalue weighted by Gasteiger charge is -2.30. The summed E-state index contributed by atoms with van der Waals surface area (Å²) in [5.41, 5.74) is 2.53. The number of aliphatic hydroxyl groups excluding tert-OH is 1. The van der Waals surface area contributed by atoms with E-state index >= 15 is 0 Å². The fraction of sp³-hybridized carbons (Fsp3) is 0.591. The second kappa shape index (κ2) is 11.7. The predicted octanol–water partition coefficient (Wildman–Crippen LogP) is 1.57. The van der Waals surface area contributed by atoms with Crippen molar-refractivity contribution in [2.75, 3.05) is 13.1 Å². The minimum absolute atomic E-state index is 0.132. The molecule has 8 nitrogen and oxygen atoms in total. The van der Waals surface area contributed by atoms with E-state index in [1.165, 1.54) is 10.4 Å². The summed E-state index contributed by atoms with van der Waals surface area (Å²) in [7, 11) is 0. The van der Waals surface area contributed by atoms with Gasteiger partial charge in [-0.1, -0.05) is 57.0 Å². The maximum absolute atomic E-state index is 13.1. The number of carbonyl (C=O) groups excluding carboxylic acids is 3. The van der Waals surface area contributed by atoms with Crippen LogP contribution in [0.2, 0.25) is 0 Å². The molecule has 8 heteroatoms. The first-order valence-corrected chi connectivity index (χ1v) is 10.7. The highest BCUT2D eigenvalue weighted by atomic mass is 16.5. The van der Waals surface area contributed by atoms with Crippen LogP contribution in [-0.4, -0.2) is 58.2 Å². The number of aliphatic hydroxyl groups is 1. The van der Waals surface area contributed by atoms with E-state index in [4.69, 9.17) is 5.21 Å². The number of hydrogen-bond donors (Lipinski definition) is 4. The smallest absolute Gasteiger partial charge is 0.272 e. The Hall–Kier alpha value is -2.45. The average molecular weight is 420 g/mol. The Labute approximate surface area is 177 Å². The molecule has 30 heavy (non-hydrogen) atoms. The molecular weight excluding hydrogens is 386 g/mol. The Bertz CT molecular complexity index is 712. The molecule has 0 radical (unpaired) electrons. The number of unbranched alkanes of at least 4 members (excludes halogenated alkanes) is 1. The first kappa shape index (κ1) is 23.8. The van der Waals surface area contributed by atoms with Crippen molar-refractivity contribution >= 4 is 17.7 Å². The van der Waals surface area contributed by atoms with Crippen LogP contribution in [0.25, 0.3) is 0 Å². The lowest BCUT2D eigenvalue weighted by molar-refractivity contribution is -0.152. The summed E-state index contributed by atoms with van der Waals surface area (Å²) < 4.78 is 0. The summed E-state index contributed by atoms with van der Waals surface area (Å²) in [5.74, 6) is -2.52. The van der Waals surface area contributed by atoms with Crippen molar-refractivity contribution in [1.82, 2.24) is 15.7 Å². The summed E-state index contributed by atoms with van der Waals surface area (Å²) in [6.07, 6.45) is 1.31. The molecule has 1 heterocycles. The van der Waals surface area contributed by atoms with E-state index in [0.29, 0.717) is 38.8 Å². The molecule has 1 saturated heterocycles. The number of hydrogen-bond acceptors (Lipinski definition) is 5. The largest absolute Gasteiger partial charge is 0.382 e. The Balaban J connectivity index is 2.03. The molecule has 0 aliphatic carbocycles. The molecular formula is C22H33N3O5. The van der Waals surface area contributed by atoms with Gasteiger partial charge in [-0.05, 0) is 30.7 Å². The molecule has 1 aromatic rings. The zero-order valence-electron chi connectivity index (χ0n) is 17.7. The van der Waals surface area contributed by atoms with Crippen LogP contribution >= 0.6 is 0 Å². The fourth-order valence-corrected chi connectivity index (χ4v) is 3.88. The van der Waals surface area contributed by atoms with Crippen LogP contribution in [0.15, 0.2) is 30.3 Å². The molecule has 4 N–H and O–H groups in total. The van der Waals surface area contributed by atoms with Gasteiger partial charge in [0.15, 0.2) is 0 Å². The number of nitrogens with zero attached hydrogens (tertiary/aromatic N) is 1. The molecule has 4 unspecified atom stereocenters. The van der Waals surface area contributed by atoms with Crippen molar-refractivity contribution in [3.63, 3.8) is 0 Å². The predicted molar refractivity (Wildman–Crippen MR) is 112 cm³/mol. The fourth-order valence-electron chi connectivity index (χ4n) is 3.88. The van der Waals surface area contributed by atoms with Crippen molar-refractivity contribution in [3.8, 4) is 0 Å². The van der Waals surface area contributed by atoms with Crippen molar-refractivity contribution < 1.29 is 24.7 Å². The van der Waals surface area contributed by atoms with E-state index < -0.39 is 29.9 Å². The van der Waals surface area contributed by atoms with Gasteiger partial charge in [-0.25, -0.2) is 5.48 Å². The lowest BCUT2D eigenvalue weighted by atomic mass is 9.93. The van der Waals surface area contributed by atoms with Gasteiger partial charge in [-0.3, -0.25) is 19.6 Å². The highest BCUT2D eigenvalue weighted by Gasteiger charge is 2.40. The number of carbonyl (C=O) groups is 3. The molecule has 1 aliphatic heterocycles. The number of rotatable bonds is 10. The maximum atomic E-state index is 13.1. The Morgan fingerprint density at radius 2 is 1.93 bits per heavy atom. The van der Waals surface area contributed by atoms with Crippen molar-refractivity contribution in [2.24, 2.45) is 5.92 Å². The lowest BCUT2D eigenvalue weighted by Crippen LogP contribution is -2.52. The van der Waals surface area contributed by atoms with Gasteiger partial charge in [0.25, 0.3) is 5.91 Å². The topological polar surface area (TPSA) is 119 Å². The molecule has 4 atom stereocenters. The molecule has 0 aromatic heterocycles. The second-order valence-corrected chi connectivity index (χ2v) is 7.92. The molecule has 0 saturated carbocycles. The Kier molecular flexibility index (Phi) is 9.26. The number of amides is 3. The van der Waals surface area contributed by atoms with E-state index in [0.717, 1.165) is 12.0 Å². The third-order valence-electron chi connectivity index (χ3n) is 5.74. The number of hydroxylamine groups is 1. The molecule has 0 bridgehead atoms. The van der Waals surface area contributed by atoms with Crippen LogP contribution in [-0.2, 0) is 14.4 Å². The number of nitrogens with one attached hydrogen (secondary N) is 2. The van der Waals surface area contributed by atoms with Gasteiger partial charge in [-0.2, -0.15) is 0 Å². The second-order valence-electron chi connectivity index (χ2n) is 7.92. The average Bonchev–Trinajstić information content (AvgIpc) is 3.27. The van der Waals surface area contributed by atoms with Gasteiger partial charge in [0, 0.05) is 13.1 Å². The molecule has 166 valence electrons. The summed E-state index contributed by atoms with van der Waals surface area (Å²) in [6, 6.07) is 9.25. The summed E-state index contributed by atoms with van der Waals surface area (Å²) in [5, 5.41) is 22.0. The SMILES string of the molecule is CCCCC(C(=O)N1CCCC1C(=O)NCC(C)c1ccccc1)C(O)C(=O)NO. The van der Waals surface area contributed by atoms with Gasteiger partial charge in [0.05, 0.1) is 5.92 Å². The third kappa shape index (κ3) is 6.03. The Morgan fingerprint density at radius 3 is 2.57 bits per heavy atom. The van der Waals surface area contributed by atoms with E-state index in [2.05, 4.69) is 5.32 Å². The van der Waals surface area contributed by atoms with Crippen molar-refractivity contribution in [2.45, 2.75) is 64.0 Å². The molecule has 1 aromatic carbocycles. The van der Waals surface area contributed by atoms with E-state index in [-0.39, 0.29) is 11.8 Å². The quantitative estimate of drug-likeness (QED) is 0.339. The van der Waals surface area contributed by atoms with Gasteiger partial charge in [0.2, 0.25) is 11.8 Å². The minimum Gasteiger partial charge on any atom is -0.382 e. The standard InChI is InChI=1S/C22H33N3O5/c1-3-4-11-17(19(26)21(28)24-30)22(29)25-13-8-12-18(25)20(27)23-14-15(2)16-9-6-5-7-10-16/h5-7,9-10,15,17-19,26,30H,3-4,8,11-14H2,1-2H3,(H,23,27)(H,24,28). The molecule has 1 aliphatic rings. The van der Waals surface area contributed by atoms with Gasteiger partial charge < -0.3 is 15.3 Å².